The molecule has 1 rings (SSSR count). The van der Waals surface area contributed by atoms with Crippen LogP contribution in [0, 0.1) is 0 Å². The molecule has 0 saturated heterocycles. The first kappa shape index (κ1) is 16.2. The number of benzene rings is 1. The van der Waals surface area contributed by atoms with Crippen molar-refractivity contribution in [1.82, 2.24) is 0 Å². The van der Waals surface area contributed by atoms with Crippen LogP contribution in [0.3, 0.4) is 0 Å². The standard InChI is InChI=1S/C14H16BrNO4/c1-9(7-13(17)20-4)14(18)16(2)12-6-5-10(19-3)8-11(12)15/h5-8H,1-4H3/b9-7+. The fourth-order valence-corrected chi connectivity index (χ4v) is 2.18. The van der Waals surface area contributed by atoms with Gasteiger partial charge in [0.15, 0.2) is 0 Å². The predicted molar refractivity (Wildman–Crippen MR) is 79.9 cm³/mol. The maximum atomic E-state index is 12.2. The normalized spacial score (nSPS) is 10.9. The van der Waals surface area contributed by atoms with Gasteiger partial charge in [0.2, 0.25) is 0 Å². The molecular weight excluding hydrogens is 326 g/mol. The number of anilines is 1. The molecule has 0 atom stereocenters. The number of esters is 1. The Morgan fingerprint density at radius 3 is 2.45 bits per heavy atom. The highest BCUT2D eigenvalue weighted by molar-refractivity contribution is 9.10. The van der Waals surface area contributed by atoms with Gasteiger partial charge in [-0.05, 0) is 41.1 Å². The molecule has 0 saturated carbocycles. The van der Waals surface area contributed by atoms with E-state index in [4.69, 9.17) is 4.74 Å². The van der Waals surface area contributed by atoms with E-state index in [-0.39, 0.29) is 5.91 Å². The Morgan fingerprint density at radius 1 is 1.30 bits per heavy atom. The van der Waals surface area contributed by atoms with E-state index in [1.165, 1.54) is 12.0 Å². The molecular formula is C14H16BrNO4. The molecule has 0 bridgehead atoms. The monoisotopic (exact) mass is 341 g/mol. The molecule has 108 valence electrons. The van der Waals surface area contributed by atoms with Crippen molar-refractivity contribution in [2.24, 2.45) is 0 Å². The number of hydrogen-bond donors (Lipinski definition) is 0. The Labute approximate surface area is 126 Å². The largest absolute Gasteiger partial charge is 0.497 e. The quantitative estimate of drug-likeness (QED) is 0.623. The molecule has 1 aromatic rings. The van der Waals surface area contributed by atoms with Crippen LogP contribution in [0.25, 0.3) is 0 Å². The van der Waals surface area contributed by atoms with Crippen LogP contribution in [0.2, 0.25) is 0 Å². The number of hydrogen-bond acceptors (Lipinski definition) is 4. The molecule has 20 heavy (non-hydrogen) atoms. The highest BCUT2D eigenvalue weighted by Crippen LogP contribution is 2.30. The molecule has 0 unspecified atom stereocenters. The highest BCUT2D eigenvalue weighted by Gasteiger charge is 2.16. The van der Waals surface area contributed by atoms with Gasteiger partial charge in [-0.15, -0.1) is 0 Å². The fourth-order valence-electron chi connectivity index (χ4n) is 1.56. The SMILES string of the molecule is COC(=O)/C=C(\C)C(=O)N(C)c1ccc(OC)cc1Br. The van der Waals surface area contributed by atoms with Gasteiger partial charge in [-0.1, -0.05) is 0 Å². The number of halogens is 1. The van der Waals surface area contributed by atoms with E-state index in [1.54, 1.807) is 39.3 Å². The molecule has 6 heteroatoms. The van der Waals surface area contributed by atoms with E-state index in [0.29, 0.717) is 17.0 Å². The number of carbonyl (C=O) groups excluding carboxylic acids is 2. The summed E-state index contributed by atoms with van der Waals surface area (Å²) < 4.78 is 10.3. The van der Waals surface area contributed by atoms with Crippen LogP contribution in [-0.2, 0) is 14.3 Å². The average molecular weight is 342 g/mol. The summed E-state index contributed by atoms with van der Waals surface area (Å²) in [4.78, 5) is 24.8. The van der Waals surface area contributed by atoms with Gasteiger partial charge in [0, 0.05) is 23.2 Å². The minimum absolute atomic E-state index is 0.290. The van der Waals surface area contributed by atoms with Crippen LogP contribution in [-0.4, -0.2) is 33.1 Å². The Balaban J connectivity index is 3.00. The average Bonchev–Trinajstić information content (AvgIpc) is 2.45. The fraction of sp³-hybridized carbons (Fsp3) is 0.286. The minimum atomic E-state index is -0.557. The molecule has 0 spiro atoms. The molecule has 1 aromatic carbocycles. The van der Waals surface area contributed by atoms with E-state index >= 15 is 0 Å². The topological polar surface area (TPSA) is 55.8 Å². The lowest BCUT2D eigenvalue weighted by molar-refractivity contribution is -0.135. The molecule has 0 radical (unpaired) electrons. The van der Waals surface area contributed by atoms with Crippen LogP contribution in [0.4, 0.5) is 5.69 Å². The summed E-state index contributed by atoms with van der Waals surface area (Å²) in [5.41, 5.74) is 0.968. The summed E-state index contributed by atoms with van der Waals surface area (Å²) in [7, 11) is 4.46. The van der Waals surface area contributed by atoms with Crippen molar-refractivity contribution in [3.8, 4) is 5.75 Å². The molecule has 0 fully saturated rings. The molecule has 0 aromatic heterocycles. The first-order valence-electron chi connectivity index (χ1n) is 5.78. The van der Waals surface area contributed by atoms with E-state index in [2.05, 4.69) is 20.7 Å². The number of nitrogens with zero attached hydrogens (tertiary/aromatic N) is 1. The molecule has 0 heterocycles. The van der Waals surface area contributed by atoms with Gasteiger partial charge >= 0.3 is 5.97 Å². The molecule has 0 N–H and O–H groups in total. The summed E-state index contributed by atoms with van der Waals surface area (Å²) in [6.45, 7) is 1.56. The lowest BCUT2D eigenvalue weighted by Crippen LogP contribution is -2.27. The maximum absolute atomic E-state index is 12.2. The summed E-state index contributed by atoms with van der Waals surface area (Å²) in [6, 6.07) is 5.27. The first-order chi connectivity index (χ1) is 9.40. The zero-order valence-electron chi connectivity index (χ0n) is 11.8. The van der Waals surface area contributed by atoms with Crippen molar-refractivity contribution in [3.05, 3.63) is 34.3 Å². The van der Waals surface area contributed by atoms with Gasteiger partial charge in [0.1, 0.15) is 5.75 Å². The van der Waals surface area contributed by atoms with E-state index < -0.39 is 5.97 Å². The van der Waals surface area contributed by atoms with Gasteiger partial charge in [-0.25, -0.2) is 4.79 Å². The third kappa shape index (κ3) is 3.84. The number of methoxy groups -OCH3 is 2. The lowest BCUT2D eigenvalue weighted by Gasteiger charge is -2.19. The van der Waals surface area contributed by atoms with Gasteiger partial charge in [0.25, 0.3) is 5.91 Å². The number of ether oxygens (including phenoxy) is 2. The van der Waals surface area contributed by atoms with Crippen LogP contribution in [0.15, 0.2) is 34.3 Å². The third-order valence-corrected chi connectivity index (χ3v) is 3.33. The second kappa shape index (κ2) is 7.09. The van der Waals surface area contributed by atoms with Crippen molar-refractivity contribution >= 4 is 33.5 Å². The van der Waals surface area contributed by atoms with Crippen LogP contribution >= 0.6 is 15.9 Å². The van der Waals surface area contributed by atoms with Crippen LogP contribution < -0.4 is 9.64 Å². The summed E-state index contributed by atoms with van der Waals surface area (Å²) in [6.07, 6.45) is 1.16. The minimum Gasteiger partial charge on any atom is -0.497 e. The number of likely N-dealkylation sites (N-methyl/N-ethyl adjacent to an activating group) is 1. The summed E-state index contributed by atoms with van der Waals surface area (Å²) in [5, 5.41) is 0. The number of carbonyl (C=O) groups is 2. The van der Waals surface area contributed by atoms with Gasteiger partial charge in [-0.3, -0.25) is 4.79 Å². The zero-order chi connectivity index (χ0) is 15.3. The molecule has 0 aliphatic rings. The van der Waals surface area contributed by atoms with Crippen molar-refractivity contribution in [1.29, 1.82) is 0 Å². The third-order valence-electron chi connectivity index (χ3n) is 2.69. The van der Waals surface area contributed by atoms with Crippen molar-refractivity contribution in [2.75, 3.05) is 26.2 Å². The van der Waals surface area contributed by atoms with Crippen molar-refractivity contribution < 1.29 is 19.1 Å². The second-order valence-corrected chi connectivity index (χ2v) is 4.89. The summed E-state index contributed by atoms with van der Waals surface area (Å²) in [5.74, 6) is -0.164. The Bertz CT molecular complexity index is 554. The van der Waals surface area contributed by atoms with Crippen molar-refractivity contribution in [3.63, 3.8) is 0 Å². The molecule has 5 nitrogen and oxygen atoms in total. The van der Waals surface area contributed by atoms with E-state index in [1.807, 2.05) is 0 Å². The highest BCUT2D eigenvalue weighted by atomic mass is 79.9. The van der Waals surface area contributed by atoms with Gasteiger partial charge in [0.05, 0.1) is 19.9 Å². The first-order valence-corrected chi connectivity index (χ1v) is 6.57. The predicted octanol–water partition coefficient (Wildman–Crippen LogP) is 2.54. The maximum Gasteiger partial charge on any atom is 0.330 e. The number of rotatable bonds is 4. The van der Waals surface area contributed by atoms with Crippen LogP contribution in [0.5, 0.6) is 5.75 Å². The van der Waals surface area contributed by atoms with E-state index in [0.717, 1.165) is 10.5 Å². The lowest BCUT2D eigenvalue weighted by atomic mass is 10.2. The van der Waals surface area contributed by atoms with E-state index in [9.17, 15) is 9.59 Å². The molecule has 0 aliphatic heterocycles. The van der Waals surface area contributed by atoms with Crippen LogP contribution in [0.1, 0.15) is 6.92 Å². The molecule has 1 amide bonds. The Hall–Kier alpha value is -1.82. The van der Waals surface area contributed by atoms with Gasteiger partial charge in [-0.2, -0.15) is 0 Å². The Morgan fingerprint density at radius 2 is 1.95 bits per heavy atom. The summed E-state index contributed by atoms with van der Waals surface area (Å²) >= 11 is 3.39. The second-order valence-electron chi connectivity index (χ2n) is 4.03. The Kier molecular flexibility index (Phi) is 5.76. The van der Waals surface area contributed by atoms with Crippen molar-refractivity contribution in [2.45, 2.75) is 6.92 Å². The number of amides is 1. The zero-order valence-corrected chi connectivity index (χ0v) is 13.4. The molecule has 0 aliphatic carbocycles. The smallest absolute Gasteiger partial charge is 0.330 e. The van der Waals surface area contributed by atoms with Gasteiger partial charge < -0.3 is 14.4 Å².